The van der Waals surface area contributed by atoms with Crippen molar-refractivity contribution < 1.29 is 4.79 Å². The van der Waals surface area contributed by atoms with Crippen LogP contribution in [0, 0.1) is 5.92 Å². The molecule has 0 amide bonds. The summed E-state index contributed by atoms with van der Waals surface area (Å²) in [5, 5.41) is 5.18. The normalized spacial score (nSPS) is 15.7. The third kappa shape index (κ3) is 1.52. The van der Waals surface area contributed by atoms with Crippen molar-refractivity contribution in [3.63, 3.8) is 0 Å². The predicted molar refractivity (Wildman–Crippen MR) is 59.7 cm³/mol. The van der Waals surface area contributed by atoms with Crippen LogP contribution in [0.4, 0.5) is 5.82 Å². The number of thiazole rings is 1. The monoisotopic (exact) mass is 221 g/mol. The lowest BCUT2D eigenvalue weighted by Gasteiger charge is -2.01. The first-order chi connectivity index (χ1) is 7.38. The maximum absolute atomic E-state index is 11.0. The second kappa shape index (κ2) is 3.34. The standard InChI is InChI=1S/C10H11N3OS/c14-6-8-9(11-5-7-1-2-7)12-10-13(8)3-4-15-10/h3-4,6-7,11H,1-2,5H2. The van der Waals surface area contributed by atoms with Gasteiger partial charge in [0.2, 0.25) is 0 Å². The maximum atomic E-state index is 11.0. The highest BCUT2D eigenvalue weighted by atomic mass is 32.1. The second-order valence-corrected chi connectivity index (χ2v) is 4.72. The summed E-state index contributed by atoms with van der Waals surface area (Å²) in [4.78, 5) is 16.2. The Balaban J connectivity index is 1.92. The molecule has 1 fully saturated rings. The van der Waals surface area contributed by atoms with E-state index in [2.05, 4.69) is 10.3 Å². The maximum Gasteiger partial charge on any atom is 0.196 e. The molecule has 0 atom stereocenters. The van der Waals surface area contributed by atoms with Gasteiger partial charge in [-0.05, 0) is 18.8 Å². The Hall–Kier alpha value is -1.36. The molecule has 0 saturated heterocycles. The van der Waals surface area contributed by atoms with Crippen molar-refractivity contribution in [2.75, 3.05) is 11.9 Å². The smallest absolute Gasteiger partial charge is 0.196 e. The Morgan fingerprint density at radius 1 is 1.67 bits per heavy atom. The van der Waals surface area contributed by atoms with Crippen LogP contribution in [0.2, 0.25) is 0 Å². The molecule has 2 aromatic heterocycles. The van der Waals surface area contributed by atoms with E-state index in [1.54, 1.807) is 11.3 Å². The average Bonchev–Trinajstić information content (AvgIpc) is 2.85. The minimum absolute atomic E-state index is 0.631. The highest BCUT2D eigenvalue weighted by Gasteiger charge is 2.22. The summed E-state index contributed by atoms with van der Waals surface area (Å²) in [6.45, 7) is 0.936. The summed E-state index contributed by atoms with van der Waals surface area (Å²) in [7, 11) is 0. The summed E-state index contributed by atoms with van der Waals surface area (Å²) < 4.78 is 1.83. The van der Waals surface area contributed by atoms with Crippen molar-refractivity contribution in [3.8, 4) is 0 Å². The van der Waals surface area contributed by atoms with Crippen LogP contribution in [0.15, 0.2) is 11.6 Å². The Kier molecular flexibility index (Phi) is 1.98. The number of anilines is 1. The third-order valence-electron chi connectivity index (χ3n) is 2.67. The van der Waals surface area contributed by atoms with Gasteiger partial charge in [-0.3, -0.25) is 9.20 Å². The largest absolute Gasteiger partial charge is 0.368 e. The molecular formula is C10H11N3OS. The number of hydrogen-bond donors (Lipinski definition) is 1. The van der Waals surface area contributed by atoms with E-state index in [9.17, 15) is 4.79 Å². The predicted octanol–water partition coefficient (Wildman–Crippen LogP) is 2.03. The number of carbonyl (C=O) groups excluding carboxylic acids is 1. The van der Waals surface area contributed by atoms with Gasteiger partial charge >= 0.3 is 0 Å². The third-order valence-corrected chi connectivity index (χ3v) is 3.42. The van der Waals surface area contributed by atoms with Crippen LogP contribution in [0.3, 0.4) is 0 Å². The van der Waals surface area contributed by atoms with Crippen LogP contribution in [0.5, 0.6) is 0 Å². The first kappa shape index (κ1) is 8.91. The van der Waals surface area contributed by atoms with Gasteiger partial charge in [0, 0.05) is 18.1 Å². The van der Waals surface area contributed by atoms with Gasteiger partial charge in [0.05, 0.1) is 0 Å². The van der Waals surface area contributed by atoms with Crippen molar-refractivity contribution in [2.24, 2.45) is 5.92 Å². The van der Waals surface area contributed by atoms with E-state index in [0.717, 1.165) is 29.5 Å². The molecule has 78 valence electrons. The molecule has 4 nitrogen and oxygen atoms in total. The van der Waals surface area contributed by atoms with Crippen molar-refractivity contribution in [3.05, 3.63) is 17.3 Å². The van der Waals surface area contributed by atoms with Crippen LogP contribution in [0.1, 0.15) is 23.3 Å². The summed E-state index contributed by atoms with van der Waals surface area (Å²) in [6.07, 6.45) is 5.33. The number of aromatic nitrogens is 2. The molecule has 1 N–H and O–H groups in total. The molecule has 1 aliphatic carbocycles. The SMILES string of the molecule is O=Cc1c(NCC2CC2)nc2sccn12. The molecule has 0 unspecified atom stereocenters. The minimum Gasteiger partial charge on any atom is -0.368 e. The molecule has 0 aliphatic heterocycles. The fourth-order valence-electron chi connectivity index (χ4n) is 1.61. The number of hydrogen-bond acceptors (Lipinski definition) is 4. The van der Waals surface area contributed by atoms with Gasteiger partial charge in [-0.1, -0.05) is 0 Å². The van der Waals surface area contributed by atoms with Gasteiger partial charge in [0.25, 0.3) is 0 Å². The molecule has 3 rings (SSSR count). The fraction of sp³-hybridized carbons (Fsp3) is 0.400. The van der Waals surface area contributed by atoms with Gasteiger partial charge in [0.15, 0.2) is 17.1 Å². The molecule has 1 saturated carbocycles. The number of aldehydes is 1. The number of nitrogens with zero attached hydrogens (tertiary/aromatic N) is 2. The van der Waals surface area contributed by atoms with E-state index in [4.69, 9.17) is 0 Å². The molecule has 2 heterocycles. The van der Waals surface area contributed by atoms with E-state index >= 15 is 0 Å². The average molecular weight is 221 g/mol. The Bertz CT molecular complexity index is 498. The van der Waals surface area contributed by atoms with Crippen molar-refractivity contribution in [1.82, 2.24) is 9.38 Å². The second-order valence-electron chi connectivity index (χ2n) is 3.84. The topological polar surface area (TPSA) is 46.4 Å². The quantitative estimate of drug-likeness (QED) is 0.803. The lowest BCUT2D eigenvalue weighted by molar-refractivity contribution is 0.111. The molecule has 0 radical (unpaired) electrons. The summed E-state index contributed by atoms with van der Waals surface area (Å²) in [6, 6.07) is 0. The molecule has 15 heavy (non-hydrogen) atoms. The van der Waals surface area contributed by atoms with Gasteiger partial charge in [0.1, 0.15) is 5.69 Å². The van der Waals surface area contributed by atoms with E-state index in [1.807, 2.05) is 16.0 Å². The highest BCUT2D eigenvalue weighted by molar-refractivity contribution is 7.15. The van der Waals surface area contributed by atoms with E-state index < -0.39 is 0 Å². The zero-order valence-corrected chi connectivity index (χ0v) is 8.96. The first-order valence-corrected chi connectivity index (χ1v) is 5.91. The lowest BCUT2D eigenvalue weighted by Crippen LogP contribution is -2.05. The van der Waals surface area contributed by atoms with Crippen molar-refractivity contribution >= 4 is 28.4 Å². The van der Waals surface area contributed by atoms with Crippen LogP contribution in [0.25, 0.3) is 4.96 Å². The fourth-order valence-corrected chi connectivity index (χ4v) is 2.33. The Morgan fingerprint density at radius 2 is 2.53 bits per heavy atom. The molecule has 0 aromatic carbocycles. The molecular weight excluding hydrogens is 210 g/mol. The Morgan fingerprint density at radius 3 is 3.27 bits per heavy atom. The molecule has 1 aliphatic rings. The molecule has 0 spiro atoms. The summed E-state index contributed by atoms with van der Waals surface area (Å²) in [5.41, 5.74) is 0.631. The van der Waals surface area contributed by atoms with Crippen LogP contribution >= 0.6 is 11.3 Å². The van der Waals surface area contributed by atoms with Gasteiger partial charge in [-0.25, -0.2) is 4.98 Å². The zero-order valence-electron chi connectivity index (χ0n) is 8.14. The minimum atomic E-state index is 0.631. The van der Waals surface area contributed by atoms with E-state index in [0.29, 0.717) is 5.69 Å². The Labute approximate surface area is 90.9 Å². The number of nitrogens with one attached hydrogen (secondary N) is 1. The summed E-state index contributed by atoms with van der Waals surface area (Å²) in [5.74, 6) is 1.51. The molecule has 0 bridgehead atoms. The number of carbonyl (C=O) groups is 1. The first-order valence-electron chi connectivity index (χ1n) is 5.03. The van der Waals surface area contributed by atoms with Crippen molar-refractivity contribution in [2.45, 2.75) is 12.8 Å². The van der Waals surface area contributed by atoms with Gasteiger partial charge in [-0.15, -0.1) is 11.3 Å². The number of rotatable bonds is 4. The van der Waals surface area contributed by atoms with Gasteiger partial charge in [-0.2, -0.15) is 0 Å². The molecule has 2 aromatic rings. The summed E-state index contributed by atoms with van der Waals surface area (Å²) >= 11 is 1.54. The van der Waals surface area contributed by atoms with Gasteiger partial charge < -0.3 is 5.32 Å². The van der Waals surface area contributed by atoms with Crippen LogP contribution in [-0.2, 0) is 0 Å². The lowest BCUT2D eigenvalue weighted by atomic mass is 10.4. The number of imidazole rings is 1. The highest BCUT2D eigenvalue weighted by Crippen LogP contribution is 2.29. The van der Waals surface area contributed by atoms with E-state index in [-0.39, 0.29) is 0 Å². The van der Waals surface area contributed by atoms with Crippen LogP contribution < -0.4 is 5.32 Å². The zero-order chi connectivity index (χ0) is 10.3. The van der Waals surface area contributed by atoms with E-state index in [1.165, 1.54) is 12.8 Å². The molecule has 5 heteroatoms. The number of fused-ring (bicyclic) bond motifs is 1. The van der Waals surface area contributed by atoms with Crippen molar-refractivity contribution in [1.29, 1.82) is 0 Å². The van der Waals surface area contributed by atoms with Crippen LogP contribution in [-0.4, -0.2) is 22.2 Å².